The van der Waals surface area contributed by atoms with Crippen molar-refractivity contribution in [3.63, 3.8) is 0 Å². The van der Waals surface area contributed by atoms with Crippen LogP contribution >= 0.6 is 0 Å². The molecule has 0 unspecified atom stereocenters. The zero-order chi connectivity index (χ0) is 19.3. The highest BCUT2D eigenvalue weighted by molar-refractivity contribution is 7.89. The third kappa shape index (κ3) is 4.64. The van der Waals surface area contributed by atoms with Gasteiger partial charge in [0.05, 0.1) is 16.2 Å². The molecule has 1 aromatic carbocycles. The van der Waals surface area contributed by atoms with Crippen LogP contribution in [0.15, 0.2) is 47.5 Å². The van der Waals surface area contributed by atoms with Crippen LogP contribution in [0.25, 0.3) is 0 Å². The van der Waals surface area contributed by atoms with E-state index in [1.807, 2.05) is 0 Å². The van der Waals surface area contributed by atoms with Crippen LogP contribution in [0.2, 0.25) is 0 Å². The molecule has 0 spiro atoms. The van der Waals surface area contributed by atoms with Crippen molar-refractivity contribution in [1.29, 1.82) is 0 Å². The first-order valence-electron chi connectivity index (χ1n) is 8.92. The number of sulfonamides is 1. The first kappa shape index (κ1) is 19.3. The maximum Gasteiger partial charge on any atom is 0.338 e. The van der Waals surface area contributed by atoms with Gasteiger partial charge in [0.2, 0.25) is 15.8 Å². The van der Waals surface area contributed by atoms with Crippen molar-refractivity contribution in [2.45, 2.75) is 30.6 Å². The maximum atomic E-state index is 12.9. The molecule has 144 valence electrons. The summed E-state index contributed by atoms with van der Waals surface area (Å²) in [5.41, 5.74) is 0.450. The van der Waals surface area contributed by atoms with Crippen LogP contribution in [0.4, 0.5) is 0 Å². The van der Waals surface area contributed by atoms with Crippen LogP contribution in [0.3, 0.4) is 0 Å². The normalized spacial score (nSPS) is 15.9. The second kappa shape index (κ2) is 8.49. The average molecular weight is 390 g/mol. The van der Waals surface area contributed by atoms with Crippen molar-refractivity contribution in [2.24, 2.45) is 0 Å². The zero-order valence-corrected chi connectivity index (χ0v) is 15.7. The fourth-order valence-electron chi connectivity index (χ4n) is 3.01. The number of H-pyrrole nitrogens is 1. The van der Waals surface area contributed by atoms with E-state index in [4.69, 9.17) is 4.74 Å². The molecule has 2 aromatic rings. The molecule has 1 N–H and O–H groups in total. The molecule has 1 fully saturated rings. The fraction of sp³-hybridized carbons (Fsp3) is 0.368. The van der Waals surface area contributed by atoms with Crippen LogP contribution < -0.4 is 0 Å². The lowest BCUT2D eigenvalue weighted by molar-refractivity contribution is 0.0473. The maximum absolute atomic E-state index is 12.9. The molecule has 1 aromatic heterocycles. The van der Waals surface area contributed by atoms with Crippen LogP contribution in [-0.4, -0.2) is 49.2 Å². The summed E-state index contributed by atoms with van der Waals surface area (Å²) in [6.45, 7) is 0.561. The monoisotopic (exact) mass is 390 g/mol. The van der Waals surface area contributed by atoms with E-state index in [1.165, 1.54) is 28.6 Å². The SMILES string of the molecule is O=C(OCC(=O)c1ccc[nH]1)c1cccc(S(=O)(=O)N2CCCCCC2)c1. The standard InChI is InChI=1S/C19H22N2O5S/c22-18(17-9-6-10-20-17)14-26-19(23)15-7-5-8-16(13-15)27(24,25)21-11-3-1-2-4-12-21/h5-10,13,20H,1-4,11-12,14H2. The van der Waals surface area contributed by atoms with E-state index in [0.717, 1.165) is 25.7 Å². The van der Waals surface area contributed by atoms with E-state index < -0.39 is 22.6 Å². The first-order valence-corrected chi connectivity index (χ1v) is 10.4. The number of nitrogens with zero attached hydrogens (tertiary/aromatic N) is 1. The molecule has 8 heteroatoms. The molecule has 3 rings (SSSR count). The van der Waals surface area contributed by atoms with Gasteiger partial charge in [0.1, 0.15) is 0 Å². The van der Waals surface area contributed by atoms with Crippen molar-refractivity contribution < 1.29 is 22.7 Å². The summed E-state index contributed by atoms with van der Waals surface area (Å²) in [7, 11) is -3.65. The summed E-state index contributed by atoms with van der Waals surface area (Å²) in [5, 5.41) is 0. The Hall–Kier alpha value is -2.45. The number of esters is 1. The number of ether oxygens (including phenoxy) is 1. The fourth-order valence-corrected chi connectivity index (χ4v) is 4.57. The Labute approximate surface area is 158 Å². The number of Topliss-reactive ketones (excluding diaryl/α,β-unsaturated/α-hetero) is 1. The quantitative estimate of drug-likeness (QED) is 0.604. The number of ketones is 1. The third-order valence-corrected chi connectivity index (χ3v) is 6.40. The van der Waals surface area contributed by atoms with Crippen molar-refractivity contribution in [2.75, 3.05) is 19.7 Å². The summed E-state index contributed by atoms with van der Waals surface area (Å²) < 4.78 is 32.2. The second-order valence-electron chi connectivity index (χ2n) is 6.43. The molecule has 27 heavy (non-hydrogen) atoms. The molecular weight excluding hydrogens is 368 g/mol. The van der Waals surface area contributed by atoms with E-state index in [0.29, 0.717) is 18.8 Å². The summed E-state index contributed by atoms with van der Waals surface area (Å²) in [5.74, 6) is -1.09. The number of aromatic nitrogens is 1. The topological polar surface area (TPSA) is 96.5 Å². The second-order valence-corrected chi connectivity index (χ2v) is 8.37. The first-order chi connectivity index (χ1) is 13.0. The lowest BCUT2D eigenvalue weighted by atomic mass is 10.2. The smallest absolute Gasteiger partial charge is 0.338 e. The van der Waals surface area contributed by atoms with Crippen molar-refractivity contribution in [3.8, 4) is 0 Å². The predicted molar refractivity (Wildman–Crippen MR) is 99.1 cm³/mol. The van der Waals surface area contributed by atoms with Gasteiger partial charge < -0.3 is 9.72 Å². The summed E-state index contributed by atoms with van der Waals surface area (Å²) in [6, 6.07) is 9.02. The molecular formula is C19H22N2O5S. The van der Waals surface area contributed by atoms with E-state index in [1.54, 1.807) is 18.3 Å². The molecule has 0 radical (unpaired) electrons. The third-order valence-electron chi connectivity index (χ3n) is 4.51. The number of aromatic amines is 1. The van der Waals surface area contributed by atoms with Gasteiger partial charge in [-0.15, -0.1) is 0 Å². The van der Waals surface area contributed by atoms with Gasteiger partial charge in [0.25, 0.3) is 0 Å². The van der Waals surface area contributed by atoms with Crippen molar-refractivity contribution in [1.82, 2.24) is 9.29 Å². The van der Waals surface area contributed by atoms with Crippen LogP contribution in [0.5, 0.6) is 0 Å². The highest BCUT2D eigenvalue weighted by Crippen LogP contribution is 2.21. The van der Waals surface area contributed by atoms with Crippen LogP contribution in [-0.2, 0) is 14.8 Å². The average Bonchev–Trinajstić information content (AvgIpc) is 3.07. The van der Waals surface area contributed by atoms with Gasteiger partial charge in [0.15, 0.2) is 6.61 Å². The number of rotatable bonds is 6. The predicted octanol–water partition coefficient (Wildman–Crippen LogP) is 2.62. The molecule has 2 heterocycles. The number of hydrogen-bond acceptors (Lipinski definition) is 5. The lowest BCUT2D eigenvalue weighted by Crippen LogP contribution is -2.32. The number of nitrogens with one attached hydrogen (secondary N) is 1. The number of benzene rings is 1. The minimum Gasteiger partial charge on any atom is -0.454 e. The molecule has 1 aliphatic rings. The molecule has 0 amide bonds. The van der Waals surface area contributed by atoms with E-state index in [-0.39, 0.29) is 16.2 Å². The molecule has 1 aliphatic heterocycles. The van der Waals surface area contributed by atoms with Crippen molar-refractivity contribution >= 4 is 21.8 Å². The summed E-state index contributed by atoms with van der Waals surface area (Å²) in [6.07, 6.45) is 5.32. The van der Waals surface area contributed by atoms with Gasteiger partial charge in [0, 0.05) is 19.3 Å². The van der Waals surface area contributed by atoms with Gasteiger partial charge in [-0.05, 0) is 43.2 Å². The van der Waals surface area contributed by atoms with E-state index in [2.05, 4.69) is 4.98 Å². The molecule has 0 bridgehead atoms. The Balaban J connectivity index is 1.70. The summed E-state index contributed by atoms with van der Waals surface area (Å²) in [4.78, 5) is 26.9. The molecule has 0 atom stereocenters. The summed E-state index contributed by atoms with van der Waals surface area (Å²) >= 11 is 0. The van der Waals surface area contributed by atoms with Crippen LogP contribution in [0.1, 0.15) is 46.5 Å². The van der Waals surface area contributed by atoms with Gasteiger partial charge in [-0.1, -0.05) is 18.9 Å². The number of carbonyl (C=O) groups excluding carboxylic acids is 2. The van der Waals surface area contributed by atoms with E-state index in [9.17, 15) is 18.0 Å². The molecule has 7 nitrogen and oxygen atoms in total. The highest BCUT2D eigenvalue weighted by Gasteiger charge is 2.26. The van der Waals surface area contributed by atoms with Gasteiger partial charge in [-0.25, -0.2) is 13.2 Å². The lowest BCUT2D eigenvalue weighted by Gasteiger charge is -2.20. The van der Waals surface area contributed by atoms with Gasteiger partial charge in [-0.3, -0.25) is 4.79 Å². The highest BCUT2D eigenvalue weighted by atomic mass is 32.2. The molecule has 0 aliphatic carbocycles. The van der Waals surface area contributed by atoms with E-state index >= 15 is 0 Å². The minimum atomic E-state index is -3.65. The Kier molecular flexibility index (Phi) is 6.08. The Morgan fingerprint density at radius 2 is 1.78 bits per heavy atom. The minimum absolute atomic E-state index is 0.0644. The Morgan fingerprint density at radius 1 is 1.04 bits per heavy atom. The van der Waals surface area contributed by atoms with Gasteiger partial charge in [-0.2, -0.15) is 4.31 Å². The zero-order valence-electron chi connectivity index (χ0n) is 14.9. The Morgan fingerprint density at radius 3 is 2.44 bits per heavy atom. The molecule has 1 saturated heterocycles. The van der Waals surface area contributed by atoms with Crippen LogP contribution in [0, 0.1) is 0 Å². The van der Waals surface area contributed by atoms with Crippen molar-refractivity contribution in [3.05, 3.63) is 53.9 Å². The Bertz CT molecular complexity index is 898. The largest absolute Gasteiger partial charge is 0.454 e. The van der Waals surface area contributed by atoms with Gasteiger partial charge >= 0.3 is 5.97 Å². The number of carbonyl (C=O) groups is 2. The molecule has 0 saturated carbocycles. The number of hydrogen-bond donors (Lipinski definition) is 1.